The van der Waals surface area contributed by atoms with E-state index in [-0.39, 0.29) is 23.7 Å². The molecule has 2 saturated heterocycles. The van der Waals surface area contributed by atoms with Crippen molar-refractivity contribution in [3.05, 3.63) is 168 Å². The van der Waals surface area contributed by atoms with E-state index < -0.39 is 11.6 Å². The SMILES string of the molecule is Fc1ccc(C2=NC(c3ccc(F)cc3)C(c3ccnc(Nc4ccccc4)n3)(c3ccnc(Nc4ccccc4)n3)[N+]2(C2CCNCC2)C2CCNCC2)cc1. The van der Waals surface area contributed by atoms with E-state index in [4.69, 9.17) is 24.9 Å². The molecule has 3 aliphatic rings. The average Bonchev–Trinajstić information content (AvgIpc) is 3.59. The van der Waals surface area contributed by atoms with Gasteiger partial charge in [-0.15, -0.1) is 0 Å². The Kier molecular flexibility index (Phi) is 10.2. The molecule has 4 aromatic carbocycles. The molecule has 0 amide bonds. The van der Waals surface area contributed by atoms with Crippen LogP contribution in [-0.2, 0) is 5.54 Å². The Bertz CT molecular complexity index is 2210. The largest absolute Gasteiger partial charge is 0.324 e. The van der Waals surface area contributed by atoms with E-state index in [1.54, 1.807) is 12.4 Å². The molecule has 1 atom stereocenters. The van der Waals surface area contributed by atoms with Gasteiger partial charge in [0.15, 0.2) is 0 Å². The lowest BCUT2D eigenvalue weighted by Gasteiger charge is -2.58. The Labute approximate surface area is 331 Å². The highest BCUT2D eigenvalue weighted by atomic mass is 19.1. The maximum Gasteiger partial charge on any atom is 0.232 e. The van der Waals surface area contributed by atoms with Gasteiger partial charge in [0.25, 0.3) is 0 Å². The van der Waals surface area contributed by atoms with Crippen LogP contribution >= 0.6 is 0 Å². The molecule has 1 unspecified atom stereocenters. The number of anilines is 4. The van der Waals surface area contributed by atoms with E-state index >= 15 is 0 Å². The van der Waals surface area contributed by atoms with Crippen molar-refractivity contribution in [3.8, 4) is 0 Å². The molecular weight excluding hydrogens is 719 g/mol. The lowest BCUT2D eigenvalue weighted by Crippen LogP contribution is -2.75. The number of quaternary nitrogens is 1. The molecule has 3 aliphatic heterocycles. The summed E-state index contributed by atoms with van der Waals surface area (Å²) in [5, 5.41) is 14.2. The first-order valence-electron chi connectivity index (χ1n) is 19.8. The van der Waals surface area contributed by atoms with E-state index in [9.17, 15) is 8.78 Å². The molecule has 288 valence electrons. The first-order chi connectivity index (χ1) is 28.1. The number of aliphatic imine (C=N–C) groups is 1. The third-order valence-corrected chi connectivity index (χ3v) is 11.8. The van der Waals surface area contributed by atoms with Crippen LogP contribution < -0.4 is 21.3 Å². The predicted molar refractivity (Wildman–Crippen MR) is 218 cm³/mol. The van der Waals surface area contributed by atoms with Crippen molar-refractivity contribution in [2.75, 3.05) is 36.8 Å². The minimum absolute atomic E-state index is 0.0320. The molecule has 0 aliphatic carbocycles. The van der Waals surface area contributed by atoms with Crippen LogP contribution in [0.5, 0.6) is 0 Å². The van der Waals surface area contributed by atoms with Gasteiger partial charge in [-0.2, -0.15) is 0 Å². The van der Waals surface area contributed by atoms with Gasteiger partial charge in [0.2, 0.25) is 23.3 Å². The topological polar surface area (TPSA) is 112 Å². The van der Waals surface area contributed by atoms with Gasteiger partial charge in [0.1, 0.15) is 29.1 Å². The molecule has 9 rings (SSSR count). The van der Waals surface area contributed by atoms with Gasteiger partial charge in [0, 0.05) is 75.6 Å². The van der Waals surface area contributed by atoms with Crippen LogP contribution in [0.4, 0.5) is 32.1 Å². The fourth-order valence-electron chi connectivity index (χ4n) is 9.53. The second kappa shape index (κ2) is 15.9. The molecule has 5 heterocycles. The van der Waals surface area contributed by atoms with Crippen LogP contribution in [0, 0.1) is 11.6 Å². The standard InChI is InChI=1S/C45H45F2N10/c46-33-15-11-31(12-16-33)41-45(39-23-29-50-43(54-39)52-35-7-3-1-4-8-35,40-24-30-51-44(55-40)53-36-9-5-2-6-10-36)57(37-19-25-48-26-20-37,38-21-27-49-28-22-38)42(56-41)32-13-17-34(47)18-14-32/h1-18,23-24,29-30,37-38,41,48-49H,19-22,25-28H2,(H,50,52,54)(H,51,53,55)/q+1. The summed E-state index contributed by atoms with van der Waals surface area (Å²) in [5.74, 6) is 1.04. The number of piperidine rings is 2. The maximum atomic E-state index is 14.9. The van der Waals surface area contributed by atoms with Crippen molar-refractivity contribution in [1.29, 1.82) is 0 Å². The number of hydrogen-bond donors (Lipinski definition) is 4. The van der Waals surface area contributed by atoms with E-state index in [2.05, 4.69) is 21.3 Å². The second-order valence-electron chi connectivity index (χ2n) is 14.9. The van der Waals surface area contributed by atoms with Gasteiger partial charge < -0.3 is 21.3 Å². The van der Waals surface area contributed by atoms with Crippen molar-refractivity contribution in [2.24, 2.45) is 4.99 Å². The smallest absolute Gasteiger partial charge is 0.232 e. The number of nitrogens with zero attached hydrogens (tertiary/aromatic N) is 6. The highest BCUT2D eigenvalue weighted by molar-refractivity contribution is 5.96. The molecule has 0 bridgehead atoms. The van der Waals surface area contributed by atoms with E-state index in [1.807, 2.05) is 97.1 Å². The summed E-state index contributed by atoms with van der Waals surface area (Å²) < 4.78 is 30.1. The minimum Gasteiger partial charge on any atom is -0.324 e. The van der Waals surface area contributed by atoms with Crippen LogP contribution in [0.2, 0.25) is 0 Å². The fraction of sp³-hybridized carbons (Fsp3) is 0.267. The average molecular weight is 764 g/mol. The highest BCUT2D eigenvalue weighted by Crippen LogP contribution is 2.61. The molecule has 0 spiro atoms. The molecule has 2 fully saturated rings. The first-order valence-corrected chi connectivity index (χ1v) is 19.8. The van der Waals surface area contributed by atoms with Gasteiger partial charge >= 0.3 is 0 Å². The third-order valence-electron chi connectivity index (χ3n) is 11.8. The Balaban J connectivity index is 1.40. The zero-order chi connectivity index (χ0) is 38.7. The molecule has 10 nitrogen and oxygen atoms in total. The van der Waals surface area contributed by atoms with Crippen LogP contribution in [0.25, 0.3) is 0 Å². The monoisotopic (exact) mass is 763 g/mol. The number of para-hydroxylation sites is 2. The number of benzene rings is 4. The van der Waals surface area contributed by atoms with Gasteiger partial charge in [-0.05, 0) is 78.4 Å². The first kappa shape index (κ1) is 36.7. The molecular formula is C45H45F2N10+. The van der Waals surface area contributed by atoms with Crippen LogP contribution in [0.1, 0.15) is 54.2 Å². The number of amidine groups is 1. The molecule has 12 heteroatoms. The van der Waals surface area contributed by atoms with Crippen molar-refractivity contribution < 1.29 is 13.3 Å². The zero-order valence-electron chi connectivity index (χ0n) is 31.5. The number of aromatic nitrogens is 4. The van der Waals surface area contributed by atoms with E-state index in [0.29, 0.717) is 27.8 Å². The molecule has 0 radical (unpaired) electrons. The lowest BCUT2D eigenvalue weighted by molar-refractivity contribution is -0.941. The van der Waals surface area contributed by atoms with Gasteiger partial charge in [-0.3, -0.25) is 4.48 Å². The number of halogens is 2. The van der Waals surface area contributed by atoms with Crippen molar-refractivity contribution in [3.63, 3.8) is 0 Å². The Morgan fingerprint density at radius 3 is 1.49 bits per heavy atom. The van der Waals surface area contributed by atoms with Crippen LogP contribution in [0.15, 0.2) is 139 Å². The van der Waals surface area contributed by atoms with Crippen LogP contribution in [0.3, 0.4) is 0 Å². The van der Waals surface area contributed by atoms with E-state index in [1.165, 1.54) is 24.3 Å². The lowest BCUT2D eigenvalue weighted by atomic mass is 9.72. The number of rotatable bonds is 10. The maximum absolute atomic E-state index is 14.9. The Morgan fingerprint density at radius 2 is 1.02 bits per heavy atom. The summed E-state index contributed by atoms with van der Waals surface area (Å²) in [5.41, 5.74) is 3.62. The molecule has 4 N–H and O–H groups in total. The minimum atomic E-state index is -1.16. The van der Waals surface area contributed by atoms with E-state index in [0.717, 1.165) is 80.2 Å². The Hall–Kier alpha value is -5.95. The molecule has 6 aromatic rings. The van der Waals surface area contributed by atoms with Crippen LogP contribution in [-0.4, -0.2) is 68.5 Å². The van der Waals surface area contributed by atoms with Crippen molar-refractivity contribution in [2.45, 2.75) is 49.3 Å². The summed E-state index contributed by atoms with van der Waals surface area (Å²) in [4.78, 5) is 26.3. The van der Waals surface area contributed by atoms with Crippen molar-refractivity contribution in [1.82, 2.24) is 30.6 Å². The quantitative estimate of drug-likeness (QED) is 0.105. The zero-order valence-corrected chi connectivity index (χ0v) is 31.5. The Morgan fingerprint density at radius 1 is 0.561 bits per heavy atom. The highest BCUT2D eigenvalue weighted by Gasteiger charge is 2.73. The third kappa shape index (κ3) is 6.73. The van der Waals surface area contributed by atoms with Gasteiger partial charge in [-0.1, -0.05) is 48.5 Å². The normalized spacial score (nSPS) is 19.5. The molecule has 57 heavy (non-hydrogen) atoms. The summed E-state index contributed by atoms with van der Waals surface area (Å²) >= 11 is 0. The number of nitrogens with one attached hydrogen (secondary N) is 4. The van der Waals surface area contributed by atoms with Crippen molar-refractivity contribution >= 4 is 29.1 Å². The second-order valence-corrected chi connectivity index (χ2v) is 14.9. The van der Waals surface area contributed by atoms with Gasteiger partial charge in [0.05, 0.1) is 17.6 Å². The fourth-order valence-corrected chi connectivity index (χ4v) is 9.53. The molecule has 2 aromatic heterocycles. The summed E-state index contributed by atoms with van der Waals surface area (Å²) in [7, 11) is 0. The summed E-state index contributed by atoms with van der Waals surface area (Å²) in [6, 6.07) is 36.6. The number of hydrogen-bond acceptors (Lipinski definition) is 9. The predicted octanol–water partition coefficient (Wildman–Crippen LogP) is 7.80. The molecule has 0 saturated carbocycles. The van der Waals surface area contributed by atoms with Gasteiger partial charge in [-0.25, -0.2) is 33.7 Å². The summed E-state index contributed by atoms with van der Waals surface area (Å²) in [6.45, 7) is 3.27. The summed E-state index contributed by atoms with van der Waals surface area (Å²) in [6.07, 6.45) is 7.00.